The minimum absolute atomic E-state index is 0.0154. The molecule has 1 atom stereocenters. The fourth-order valence-corrected chi connectivity index (χ4v) is 5.70. The molecule has 1 saturated carbocycles. The third kappa shape index (κ3) is 3.36. The standard InChI is InChI=1S/C21H21FN4O3S/c1-12-19-16(21(27)23-13-6-7-13)10-18(15-4-2-3-5-17(15)22)24-20(19)26(25-12)14-8-9-30(28,29)11-14/h2-5,10,13-14H,6-9,11H2,1H3,(H,23,27). The van der Waals surface area contributed by atoms with E-state index < -0.39 is 15.7 Å². The Morgan fingerprint density at radius 3 is 2.67 bits per heavy atom. The van der Waals surface area contributed by atoms with Crippen molar-refractivity contribution < 1.29 is 17.6 Å². The van der Waals surface area contributed by atoms with Crippen LogP contribution >= 0.6 is 0 Å². The molecule has 9 heteroatoms. The predicted molar refractivity (Wildman–Crippen MR) is 110 cm³/mol. The van der Waals surface area contributed by atoms with Crippen molar-refractivity contribution in [1.82, 2.24) is 20.1 Å². The number of benzene rings is 1. The second kappa shape index (κ2) is 6.87. The Morgan fingerprint density at radius 2 is 2.00 bits per heavy atom. The Balaban J connectivity index is 1.72. The molecule has 2 aliphatic rings. The van der Waals surface area contributed by atoms with Crippen LogP contribution in [0.5, 0.6) is 0 Å². The van der Waals surface area contributed by atoms with Crippen molar-refractivity contribution in [3.8, 4) is 11.3 Å². The second-order valence-electron chi connectivity index (χ2n) is 8.07. The molecular formula is C21H21FN4O3S. The molecule has 2 aromatic heterocycles. The van der Waals surface area contributed by atoms with Gasteiger partial charge in [-0.1, -0.05) is 12.1 Å². The SMILES string of the molecule is Cc1nn(C2CCS(=O)(=O)C2)c2nc(-c3ccccc3F)cc(C(=O)NC3CC3)c12. The Bertz CT molecular complexity index is 1280. The summed E-state index contributed by atoms with van der Waals surface area (Å²) < 4.78 is 40.1. The van der Waals surface area contributed by atoms with E-state index in [-0.39, 0.29) is 35.1 Å². The summed E-state index contributed by atoms with van der Waals surface area (Å²) in [5, 5.41) is 8.11. The van der Waals surface area contributed by atoms with E-state index in [0.29, 0.717) is 34.4 Å². The number of aryl methyl sites for hydroxylation is 1. The smallest absolute Gasteiger partial charge is 0.252 e. The number of aromatic nitrogens is 3. The highest BCUT2D eigenvalue weighted by molar-refractivity contribution is 7.91. The van der Waals surface area contributed by atoms with Gasteiger partial charge >= 0.3 is 0 Å². The Hall–Kier alpha value is -2.81. The van der Waals surface area contributed by atoms with Crippen LogP contribution in [0.25, 0.3) is 22.3 Å². The molecule has 5 rings (SSSR count). The summed E-state index contributed by atoms with van der Waals surface area (Å²) in [5.41, 5.74) is 2.00. The average molecular weight is 428 g/mol. The lowest BCUT2D eigenvalue weighted by atomic mass is 10.0. The van der Waals surface area contributed by atoms with E-state index in [2.05, 4.69) is 15.4 Å². The Labute approximate surface area is 173 Å². The van der Waals surface area contributed by atoms with Gasteiger partial charge in [-0.3, -0.25) is 4.79 Å². The van der Waals surface area contributed by atoms with E-state index in [1.54, 1.807) is 35.9 Å². The van der Waals surface area contributed by atoms with Gasteiger partial charge in [0, 0.05) is 11.6 Å². The van der Waals surface area contributed by atoms with Gasteiger partial charge in [-0.2, -0.15) is 5.10 Å². The van der Waals surface area contributed by atoms with Crippen molar-refractivity contribution in [2.45, 2.75) is 38.3 Å². The molecule has 0 radical (unpaired) electrons. The molecular weight excluding hydrogens is 407 g/mol. The summed E-state index contributed by atoms with van der Waals surface area (Å²) in [5.74, 6) is -0.605. The maximum Gasteiger partial charge on any atom is 0.252 e. The predicted octanol–water partition coefficient (Wildman–Crippen LogP) is 2.80. The van der Waals surface area contributed by atoms with Gasteiger partial charge in [0.25, 0.3) is 5.91 Å². The number of hydrogen-bond donors (Lipinski definition) is 1. The van der Waals surface area contributed by atoms with Crippen molar-refractivity contribution in [2.24, 2.45) is 0 Å². The first-order valence-corrected chi connectivity index (χ1v) is 11.8. The van der Waals surface area contributed by atoms with Crippen LogP contribution in [-0.4, -0.2) is 46.6 Å². The number of nitrogens with zero attached hydrogens (tertiary/aromatic N) is 3. The average Bonchev–Trinajstić information content (AvgIpc) is 3.36. The number of carbonyl (C=O) groups is 1. The number of rotatable bonds is 4. The van der Waals surface area contributed by atoms with Crippen LogP contribution in [0.2, 0.25) is 0 Å². The molecule has 30 heavy (non-hydrogen) atoms. The van der Waals surface area contributed by atoms with E-state index in [9.17, 15) is 17.6 Å². The molecule has 2 fully saturated rings. The summed E-state index contributed by atoms with van der Waals surface area (Å²) in [7, 11) is -3.13. The van der Waals surface area contributed by atoms with Gasteiger partial charge in [0.1, 0.15) is 5.82 Å². The molecule has 7 nitrogen and oxygen atoms in total. The lowest BCUT2D eigenvalue weighted by Gasteiger charge is -2.12. The monoisotopic (exact) mass is 428 g/mol. The molecule has 0 bridgehead atoms. The van der Waals surface area contributed by atoms with Crippen LogP contribution in [0, 0.1) is 12.7 Å². The van der Waals surface area contributed by atoms with Crippen LogP contribution in [0.15, 0.2) is 30.3 Å². The highest BCUT2D eigenvalue weighted by Crippen LogP contribution is 2.33. The molecule has 0 spiro atoms. The number of carbonyl (C=O) groups excluding carboxylic acids is 1. The van der Waals surface area contributed by atoms with Gasteiger partial charge in [0.05, 0.1) is 39.9 Å². The molecule has 1 amide bonds. The lowest BCUT2D eigenvalue weighted by molar-refractivity contribution is 0.0952. The molecule has 1 aliphatic heterocycles. The minimum Gasteiger partial charge on any atom is -0.349 e. The largest absolute Gasteiger partial charge is 0.349 e. The summed E-state index contributed by atoms with van der Waals surface area (Å²) in [6, 6.07) is 7.66. The van der Waals surface area contributed by atoms with Gasteiger partial charge in [0.2, 0.25) is 0 Å². The zero-order valence-corrected chi connectivity index (χ0v) is 17.2. The molecule has 1 saturated heterocycles. The van der Waals surface area contributed by atoms with Gasteiger partial charge in [-0.05, 0) is 44.4 Å². The number of fused-ring (bicyclic) bond motifs is 1. The number of pyridine rings is 1. The molecule has 156 valence electrons. The number of hydrogen-bond acceptors (Lipinski definition) is 5. The van der Waals surface area contributed by atoms with Gasteiger partial charge in [-0.25, -0.2) is 22.5 Å². The van der Waals surface area contributed by atoms with E-state index in [1.165, 1.54) is 6.07 Å². The Morgan fingerprint density at radius 1 is 1.23 bits per heavy atom. The van der Waals surface area contributed by atoms with E-state index >= 15 is 0 Å². The fourth-order valence-electron chi connectivity index (χ4n) is 4.01. The third-order valence-electron chi connectivity index (χ3n) is 5.70. The first-order chi connectivity index (χ1) is 14.3. The lowest BCUT2D eigenvalue weighted by Crippen LogP contribution is -2.26. The topological polar surface area (TPSA) is 93.9 Å². The number of sulfone groups is 1. The number of nitrogens with one attached hydrogen (secondary N) is 1. The van der Waals surface area contributed by atoms with Gasteiger partial charge in [-0.15, -0.1) is 0 Å². The molecule has 3 heterocycles. The minimum atomic E-state index is -3.13. The maximum atomic E-state index is 14.5. The zero-order chi connectivity index (χ0) is 21.0. The quantitative estimate of drug-likeness (QED) is 0.690. The number of halogens is 1. The van der Waals surface area contributed by atoms with Gasteiger partial charge in [0.15, 0.2) is 15.5 Å². The summed E-state index contributed by atoms with van der Waals surface area (Å²) in [4.78, 5) is 17.6. The normalized spacial score (nSPS) is 20.5. The van der Waals surface area contributed by atoms with Crippen molar-refractivity contribution in [1.29, 1.82) is 0 Å². The van der Waals surface area contributed by atoms with Crippen molar-refractivity contribution >= 4 is 26.8 Å². The van der Waals surface area contributed by atoms with E-state index in [1.807, 2.05) is 0 Å². The van der Waals surface area contributed by atoms with Crippen molar-refractivity contribution in [2.75, 3.05) is 11.5 Å². The summed E-state index contributed by atoms with van der Waals surface area (Å²) in [6.07, 6.45) is 2.32. The second-order valence-corrected chi connectivity index (χ2v) is 10.3. The van der Waals surface area contributed by atoms with Crippen molar-refractivity contribution in [3.05, 3.63) is 47.4 Å². The third-order valence-corrected chi connectivity index (χ3v) is 7.45. The van der Waals surface area contributed by atoms with Gasteiger partial charge < -0.3 is 5.32 Å². The molecule has 1 aromatic carbocycles. The summed E-state index contributed by atoms with van der Waals surface area (Å²) >= 11 is 0. The van der Waals surface area contributed by atoms with E-state index in [0.717, 1.165) is 12.8 Å². The van der Waals surface area contributed by atoms with Crippen molar-refractivity contribution in [3.63, 3.8) is 0 Å². The fraction of sp³-hybridized carbons (Fsp3) is 0.381. The highest BCUT2D eigenvalue weighted by atomic mass is 32.2. The highest BCUT2D eigenvalue weighted by Gasteiger charge is 2.33. The zero-order valence-electron chi connectivity index (χ0n) is 16.4. The van der Waals surface area contributed by atoms with Crippen LogP contribution in [-0.2, 0) is 9.84 Å². The molecule has 1 aliphatic carbocycles. The van der Waals surface area contributed by atoms with Crippen LogP contribution in [0.3, 0.4) is 0 Å². The molecule has 1 N–H and O–H groups in total. The first kappa shape index (κ1) is 19.2. The van der Waals surface area contributed by atoms with Crippen LogP contribution in [0.4, 0.5) is 4.39 Å². The van der Waals surface area contributed by atoms with E-state index in [4.69, 9.17) is 0 Å². The van der Waals surface area contributed by atoms with Crippen LogP contribution < -0.4 is 5.32 Å². The van der Waals surface area contributed by atoms with Crippen LogP contribution in [0.1, 0.15) is 41.4 Å². The summed E-state index contributed by atoms with van der Waals surface area (Å²) in [6.45, 7) is 1.78. The number of amides is 1. The Kier molecular flexibility index (Phi) is 4.39. The molecule has 3 aromatic rings. The molecule has 1 unspecified atom stereocenters. The maximum absolute atomic E-state index is 14.5. The first-order valence-electron chi connectivity index (χ1n) is 9.98.